The molecule has 0 bridgehead atoms. The predicted molar refractivity (Wildman–Crippen MR) is 113 cm³/mol. The number of hydrogen-bond donors (Lipinski definition) is 2. The Bertz CT molecular complexity index is 1050. The van der Waals surface area contributed by atoms with Crippen LogP contribution >= 0.6 is 0 Å². The summed E-state index contributed by atoms with van der Waals surface area (Å²) in [6, 6.07) is 10.7. The molecule has 6 nitrogen and oxygen atoms in total. The molecule has 2 heterocycles. The van der Waals surface area contributed by atoms with Crippen LogP contribution < -0.4 is 11.1 Å². The molecular weight excluding hydrogens is 362 g/mol. The largest absolute Gasteiger partial charge is 0.366 e. The van der Waals surface area contributed by atoms with Gasteiger partial charge in [0.05, 0.1) is 17.0 Å². The predicted octanol–water partition coefficient (Wildman–Crippen LogP) is 3.55. The lowest BCUT2D eigenvalue weighted by atomic mass is 9.92. The maximum Gasteiger partial charge on any atom is 0.250 e. The lowest BCUT2D eigenvalue weighted by Crippen LogP contribution is -2.19. The summed E-state index contributed by atoms with van der Waals surface area (Å²) in [7, 11) is 0. The number of carbonyl (C=O) groups is 1. The molecule has 0 radical (unpaired) electrons. The molecule has 0 saturated heterocycles. The maximum absolute atomic E-state index is 12.1. The fraction of sp³-hybridized carbons (Fsp3) is 0.348. The summed E-state index contributed by atoms with van der Waals surface area (Å²) in [6.45, 7) is 0.672. The van der Waals surface area contributed by atoms with Crippen LogP contribution in [0.25, 0.3) is 11.4 Å². The van der Waals surface area contributed by atoms with E-state index in [1.807, 2.05) is 30.6 Å². The third kappa shape index (κ3) is 3.39. The Morgan fingerprint density at radius 1 is 1.17 bits per heavy atom. The van der Waals surface area contributed by atoms with Crippen molar-refractivity contribution in [2.75, 3.05) is 5.32 Å². The Morgan fingerprint density at radius 3 is 2.72 bits per heavy atom. The van der Waals surface area contributed by atoms with Crippen LogP contribution in [-0.4, -0.2) is 26.5 Å². The molecule has 3 N–H and O–H groups in total. The van der Waals surface area contributed by atoms with E-state index in [1.165, 1.54) is 31.2 Å². The lowest BCUT2D eigenvalue weighted by molar-refractivity contribution is 0.0999. The van der Waals surface area contributed by atoms with Crippen molar-refractivity contribution in [1.29, 1.82) is 0 Å². The molecular formula is C23H25N5O. The fourth-order valence-electron chi connectivity index (χ4n) is 4.63. The summed E-state index contributed by atoms with van der Waals surface area (Å²) in [4.78, 5) is 21.6. The van der Waals surface area contributed by atoms with Crippen LogP contribution in [0.2, 0.25) is 0 Å². The van der Waals surface area contributed by atoms with Gasteiger partial charge in [0.25, 0.3) is 5.91 Å². The van der Waals surface area contributed by atoms with Crippen LogP contribution in [0.15, 0.2) is 42.7 Å². The second-order valence-electron chi connectivity index (χ2n) is 8.04. The minimum atomic E-state index is -0.380. The number of fused-ring (bicyclic) bond motifs is 3. The minimum absolute atomic E-state index is 0.380. The summed E-state index contributed by atoms with van der Waals surface area (Å²) in [5, 5.41) is 3.50. The van der Waals surface area contributed by atoms with Crippen LogP contribution in [-0.2, 0) is 19.4 Å². The first kappa shape index (κ1) is 17.9. The topological polar surface area (TPSA) is 85.8 Å². The molecule has 1 aromatic carbocycles. The molecule has 0 aliphatic heterocycles. The SMILES string of the molecule is NC(=O)c1cn(Cc2ccccc2)c2c1CCc1cnc(NC3CCCC3)nc1-2. The third-order valence-corrected chi connectivity index (χ3v) is 6.07. The van der Waals surface area contributed by atoms with Gasteiger partial charge in [0.1, 0.15) is 0 Å². The van der Waals surface area contributed by atoms with Crippen molar-refractivity contribution >= 4 is 11.9 Å². The number of carbonyl (C=O) groups excluding carboxylic acids is 1. The van der Waals surface area contributed by atoms with Crippen molar-refractivity contribution in [1.82, 2.24) is 14.5 Å². The van der Waals surface area contributed by atoms with E-state index < -0.39 is 0 Å². The van der Waals surface area contributed by atoms with E-state index in [9.17, 15) is 4.79 Å². The van der Waals surface area contributed by atoms with Gasteiger partial charge in [-0.1, -0.05) is 43.2 Å². The summed E-state index contributed by atoms with van der Waals surface area (Å²) < 4.78 is 2.12. The van der Waals surface area contributed by atoms with Gasteiger partial charge >= 0.3 is 0 Å². The molecule has 1 amide bonds. The number of primary amides is 1. The molecule has 148 valence electrons. The Hall–Kier alpha value is -3.15. The lowest BCUT2D eigenvalue weighted by Gasteiger charge is -2.20. The second-order valence-corrected chi connectivity index (χ2v) is 8.04. The van der Waals surface area contributed by atoms with E-state index in [-0.39, 0.29) is 5.91 Å². The monoisotopic (exact) mass is 387 g/mol. The number of anilines is 1. The van der Waals surface area contributed by atoms with Crippen LogP contribution in [0.4, 0.5) is 5.95 Å². The number of hydrogen-bond acceptors (Lipinski definition) is 4. The van der Waals surface area contributed by atoms with Crippen molar-refractivity contribution in [3.63, 3.8) is 0 Å². The first-order chi connectivity index (χ1) is 14.2. The Kier molecular flexibility index (Phi) is 4.54. The highest BCUT2D eigenvalue weighted by molar-refractivity contribution is 5.96. The third-order valence-electron chi connectivity index (χ3n) is 6.07. The van der Waals surface area contributed by atoms with Crippen molar-refractivity contribution < 1.29 is 4.79 Å². The van der Waals surface area contributed by atoms with Gasteiger partial charge < -0.3 is 15.6 Å². The molecule has 0 unspecified atom stereocenters. The fourth-order valence-corrected chi connectivity index (χ4v) is 4.63. The van der Waals surface area contributed by atoms with Crippen molar-refractivity contribution in [2.45, 2.75) is 51.1 Å². The highest BCUT2D eigenvalue weighted by Gasteiger charge is 2.28. The van der Waals surface area contributed by atoms with Gasteiger partial charge in [-0.05, 0) is 42.4 Å². The number of nitrogens with one attached hydrogen (secondary N) is 1. The van der Waals surface area contributed by atoms with E-state index in [2.05, 4.69) is 27.0 Å². The number of nitrogens with two attached hydrogens (primary N) is 1. The molecule has 1 fully saturated rings. The average Bonchev–Trinajstić information content (AvgIpc) is 3.37. The first-order valence-corrected chi connectivity index (χ1v) is 10.4. The Morgan fingerprint density at radius 2 is 1.97 bits per heavy atom. The highest BCUT2D eigenvalue weighted by Crippen LogP contribution is 2.36. The smallest absolute Gasteiger partial charge is 0.250 e. The number of aromatic nitrogens is 3. The summed E-state index contributed by atoms with van der Waals surface area (Å²) in [6.07, 6.45) is 10.3. The minimum Gasteiger partial charge on any atom is -0.366 e. The molecule has 6 heteroatoms. The number of nitrogens with zero attached hydrogens (tertiary/aromatic N) is 3. The van der Waals surface area contributed by atoms with Crippen LogP contribution in [0.1, 0.15) is 52.7 Å². The van der Waals surface area contributed by atoms with Gasteiger partial charge in [0.2, 0.25) is 5.95 Å². The van der Waals surface area contributed by atoms with Gasteiger partial charge in [-0.15, -0.1) is 0 Å². The number of amides is 1. The molecule has 5 rings (SSSR count). The van der Waals surface area contributed by atoms with Gasteiger partial charge in [-0.2, -0.15) is 0 Å². The van der Waals surface area contributed by atoms with Gasteiger partial charge in [0, 0.05) is 25.0 Å². The highest BCUT2D eigenvalue weighted by atomic mass is 16.1. The molecule has 0 spiro atoms. The number of rotatable bonds is 5. The molecule has 2 aliphatic rings. The van der Waals surface area contributed by atoms with Gasteiger partial charge in [-0.3, -0.25) is 4.79 Å². The van der Waals surface area contributed by atoms with Crippen molar-refractivity contribution in [3.8, 4) is 11.4 Å². The van der Waals surface area contributed by atoms with Crippen LogP contribution in [0.3, 0.4) is 0 Å². The molecule has 3 aromatic rings. The second kappa shape index (κ2) is 7.35. The quantitative estimate of drug-likeness (QED) is 0.701. The molecule has 29 heavy (non-hydrogen) atoms. The average molecular weight is 387 g/mol. The van der Waals surface area contributed by atoms with Crippen molar-refractivity contribution in [2.24, 2.45) is 5.73 Å². The normalized spacial score (nSPS) is 15.7. The van der Waals surface area contributed by atoms with Gasteiger partial charge in [-0.25, -0.2) is 9.97 Å². The standard InChI is InChI=1S/C23H25N5O/c24-22(29)19-14-28(13-15-6-2-1-3-7-15)21-18(19)11-10-16-12-25-23(27-20(16)21)26-17-8-4-5-9-17/h1-3,6-7,12,14,17H,4-5,8-11,13H2,(H2,24,29)(H,25,26,27). The van der Waals surface area contributed by atoms with E-state index >= 15 is 0 Å². The van der Waals surface area contributed by atoms with E-state index in [4.69, 9.17) is 10.7 Å². The zero-order chi connectivity index (χ0) is 19.8. The van der Waals surface area contributed by atoms with Crippen molar-refractivity contribution in [3.05, 3.63) is 65.0 Å². The first-order valence-electron chi connectivity index (χ1n) is 10.4. The number of aryl methyl sites for hydroxylation is 1. The molecule has 2 aromatic heterocycles. The molecule has 2 aliphatic carbocycles. The number of benzene rings is 1. The van der Waals surface area contributed by atoms with E-state index in [1.54, 1.807) is 0 Å². The zero-order valence-corrected chi connectivity index (χ0v) is 16.4. The molecule has 1 saturated carbocycles. The van der Waals surface area contributed by atoms with Crippen LogP contribution in [0.5, 0.6) is 0 Å². The van der Waals surface area contributed by atoms with E-state index in [0.717, 1.165) is 35.4 Å². The van der Waals surface area contributed by atoms with Gasteiger partial charge in [0.15, 0.2) is 0 Å². The van der Waals surface area contributed by atoms with Crippen LogP contribution in [0, 0.1) is 0 Å². The summed E-state index contributed by atoms with van der Waals surface area (Å²) in [5.41, 5.74) is 11.5. The van der Waals surface area contributed by atoms with E-state index in [0.29, 0.717) is 24.1 Å². The Balaban J connectivity index is 1.58. The maximum atomic E-state index is 12.1. The zero-order valence-electron chi connectivity index (χ0n) is 16.4. The summed E-state index contributed by atoms with van der Waals surface area (Å²) in [5.74, 6) is 0.298. The Labute approximate surface area is 170 Å². The molecule has 0 atom stereocenters. The summed E-state index contributed by atoms with van der Waals surface area (Å²) >= 11 is 0.